The highest BCUT2D eigenvalue weighted by molar-refractivity contribution is 7.20. The molecule has 0 aliphatic heterocycles. The summed E-state index contributed by atoms with van der Waals surface area (Å²) in [7, 11) is 0. The highest BCUT2D eigenvalue weighted by atomic mass is 32.1. The van der Waals surface area contributed by atoms with Gasteiger partial charge in [0.05, 0.1) is 32.5 Å². The second kappa shape index (κ2) is 6.72. The third-order valence-electron chi connectivity index (χ3n) is 4.93. The number of nitrogens with one attached hydrogen (secondary N) is 2. The molecule has 0 atom stereocenters. The van der Waals surface area contributed by atoms with Crippen molar-refractivity contribution in [3.63, 3.8) is 0 Å². The molecular weight excluding hydrogens is 414 g/mol. The summed E-state index contributed by atoms with van der Waals surface area (Å²) >= 11 is 3.11. The lowest BCUT2D eigenvalue weighted by Gasteiger charge is -2.09. The Morgan fingerprint density at radius 3 is 2.90 bits per heavy atom. The van der Waals surface area contributed by atoms with Gasteiger partial charge in [-0.2, -0.15) is 5.10 Å². The van der Waals surface area contributed by atoms with E-state index in [-0.39, 0.29) is 0 Å². The lowest BCUT2D eigenvalue weighted by Crippen LogP contribution is -1.98. The van der Waals surface area contributed by atoms with Crippen molar-refractivity contribution >= 4 is 71.8 Å². The van der Waals surface area contributed by atoms with Crippen molar-refractivity contribution < 1.29 is 4.79 Å². The zero-order chi connectivity index (χ0) is 20.1. The molecule has 6 rings (SSSR count). The van der Waals surface area contributed by atoms with Gasteiger partial charge in [0.15, 0.2) is 6.29 Å². The summed E-state index contributed by atoms with van der Waals surface area (Å²) in [5, 5.41) is 14.5. The van der Waals surface area contributed by atoms with Crippen LogP contribution >= 0.6 is 22.7 Å². The molecule has 6 aromatic rings. The number of benzene rings is 2. The molecule has 0 aliphatic rings. The monoisotopic (exact) mass is 427 g/mol. The Kier molecular flexibility index (Phi) is 3.87. The maximum atomic E-state index is 11.1. The number of aromatic nitrogens is 4. The van der Waals surface area contributed by atoms with E-state index in [1.165, 1.54) is 11.3 Å². The Morgan fingerprint density at radius 1 is 1.00 bits per heavy atom. The van der Waals surface area contributed by atoms with Crippen LogP contribution in [0.3, 0.4) is 0 Å². The SMILES string of the molecule is O=Cc1cc2ccc(-c3nc(Nc4ccc5[nH]ncc5c4)nc4ccsc34)cc2s1. The maximum absolute atomic E-state index is 11.1. The number of nitrogens with zero attached hydrogens (tertiary/aromatic N) is 3. The predicted octanol–water partition coefficient (Wildman–Crippen LogP) is 6.01. The van der Waals surface area contributed by atoms with Crippen LogP contribution in [0.5, 0.6) is 0 Å². The van der Waals surface area contributed by atoms with Gasteiger partial charge in [-0.1, -0.05) is 12.1 Å². The van der Waals surface area contributed by atoms with Gasteiger partial charge in [0.1, 0.15) is 0 Å². The second-order valence-electron chi connectivity index (χ2n) is 6.85. The first kappa shape index (κ1) is 17.3. The first-order valence-electron chi connectivity index (χ1n) is 9.21. The lowest BCUT2D eigenvalue weighted by molar-refractivity contribution is 0.112. The number of carbonyl (C=O) groups is 1. The summed E-state index contributed by atoms with van der Waals surface area (Å²) in [6, 6.07) is 16.1. The topological polar surface area (TPSA) is 83.6 Å². The van der Waals surface area contributed by atoms with Crippen LogP contribution in [-0.2, 0) is 0 Å². The van der Waals surface area contributed by atoms with Crippen LogP contribution in [-0.4, -0.2) is 26.5 Å². The molecule has 0 amide bonds. The molecule has 0 fully saturated rings. The van der Waals surface area contributed by atoms with Crippen LogP contribution in [0.25, 0.3) is 42.5 Å². The highest BCUT2D eigenvalue weighted by Gasteiger charge is 2.13. The number of rotatable bonds is 4. The minimum atomic E-state index is 0.540. The molecule has 0 aliphatic carbocycles. The Hall–Kier alpha value is -3.62. The second-order valence-corrected chi connectivity index (χ2v) is 8.88. The predicted molar refractivity (Wildman–Crippen MR) is 123 cm³/mol. The third kappa shape index (κ3) is 2.85. The summed E-state index contributed by atoms with van der Waals surface area (Å²) in [4.78, 5) is 21.4. The zero-order valence-electron chi connectivity index (χ0n) is 15.4. The van der Waals surface area contributed by atoms with Crippen molar-refractivity contribution in [2.75, 3.05) is 5.32 Å². The molecule has 6 nitrogen and oxygen atoms in total. The molecule has 144 valence electrons. The van der Waals surface area contributed by atoms with E-state index in [0.29, 0.717) is 5.95 Å². The van der Waals surface area contributed by atoms with E-state index in [9.17, 15) is 4.79 Å². The van der Waals surface area contributed by atoms with Crippen LogP contribution in [0.4, 0.5) is 11.6 Å². The molecule has 0 radical (unpaired) electrons. The summed E-state index contributed by atoms with van der Waals surface area (Å²) in [6.07, 6.45) is 2.68. The molecule has 2 aromatic carbocycles. The standard InChI is InChI=1S/C22H13N5OS2/c28-11-16-8-12-1-2-13(9-19(12)30-16)20-21-18(5-6-29-21)25-22(26-20)24-15-3-4-17-14(7-15)10-23-27-17/h1-11H,(H,23,27)(H,24,25,26). The summed E-state index contributed by atoms with van der Waals surface area (Å²) < 4.78 is 2.11. The molecule has 2 N–H and O–H groups in total. The molecular formula is C22H13N5OS2. The number of carbonyl (C=O) groups excluding carboxylic acids is 1. The quantitative estimate of drug-likeness (QED) is 0.337. The minimum absolute atomic E-state index is 0.540. The number of anilines is 2. The van der Waals surface area contributed by atoms with Crippen molar-refractivity contribution in [2.45, 2.75) is 0 Å². The number of thiophene rings is 2. The van der Waals surface area contributed by atoms with Gasteiger partial charge in [-0.05, 0) is 47.2 Å². The first-order chi connectivity index (χ1) is 14.8. The van der Waals surface area contributed by atoms with E-state index in [4.69, 9.17) is 4.98 Å². The van der Waals surface area contributed by atoms with Gasteiger partial charge in [-0.3, -0.25) is 9.89 Å². The molecule has 0 saturated carbocycles. The van der Waals surface area contributed by atoms with E-state index < -0.39 is 0 Å². The third-order valence-corrected chi connectivity index (χ3v) is 6.86. The van der Waals surface area contributed by atoms with Crippen LogP contribution in [0, 0.1) is 0 Å². The number of aromatic amines is 1. The number of aldehydes is 1. The number of fused-ring (bicyclic) bond motifs is 3. The summed E-state index contributed by atoms with van der Waals surface area (Å²) in [5.41, 5.74) is 4.66. The minimum Gasteiger partial charge on any atom is -0.324 e. The Balaban J connectivity index is 1.46. The summed E-state index contributed by atoms with van der Waals surface area (Å²) in [6.45, 7) is 0. The van der Waals surface area contributed by atoms with E-state index in [1.807, 2.05) is 47.8 Å². The zero-order valence-corrected chi connectivity index (χ0v) is 17.1. The summed E-state index contributed by atoms with van der Waals surface area (Å²) in [5.74, 6) is 0.540. The fourth-order valence-electron chi connectivity index (χ4n) is 3.52. The maximum Gasteiger partial charge on any atom is 0.228 e. The van der Waals surface area contributed by atoms with Crippen molar-refractivity contribution in [3.05, 3.63) is 65.0 Å². The van der Waals surface area contributed by atoms with Crippen molar-refractivity contribution in [1.82, 2.24) is 20.2 Å². The fourth-order valence-corrected chi connectivity index (χ4v) is 5.28. The number of hydrogen-bond acceptors (Lipinski definition) is 7. The van der Waals surface area contributed by atoms with E-state index in [1.54, 1.807) is 17.5 Å². The first-order valence-corrected chi connectivity index (χ1v) is 10.9. The van der Waals surface area contributed by atoms with Gasteiger partial charge in [-0.15, -0.1) is 22.7 Å². The van der Waals surface area contributed by atoms with Crippen LogP contribution in [0.1, 0.15) is 9.67 Å². The Labute approximate surface area is 178 Å². The number of H-pyrrole nitrogens is 1. The van der Waals surface area contributed by atoms with Crippen LogP contribution < -0.4 is 5.32 Å². The number of hydrogen-bond donors (Lipinski definition) is 2. The van der Waals surface area contributed by atoms with E-state index in [2.05, 4.69) is 26.6 Å². The van der Waals surface area contributed by atoms with Crippen LogP contribution in [0.15, 0.2) is 60.1 Å². The normalized spacial score (nSPS) is 11.5. The molecule has 8 heteroatoms. The largest absolute Gasteiger partial charge is 0.324 e. The Morgan fingerprint density at radius 2 is 1.97 bits per heavy atom. The molecule has 0 unspecified atom stereocenters. The van der Waals surface area contributed by atoms with E-state index in [0.717, 1.165) is 59.3 Å². The van der Waals surface area contributed by atoms with Gasteiger partial charge < -0.3 is 5.32 Å². The lowest BCUT2D eigenvalue weighted by atomic mass is 10.1. The van der Waals surface area contributed by atoms with E-state index >= 15 is 0 Å². The van der Waals surface area contributed by atoms with Crippen LogP contribution in [0.2, 0.25) is 0 Å². The Bertz CT molecular complexity index is 1560. The molecule has 4 heterocycles. The van der Waals surface area contributed by atoms with Gasteiger partial charge in [0.25, 0.3) is 0 Å². The van der Waals surface area contributed by atoms with Gasteiger partial charge in [0, 0.05) is 21.3 Å². The van der Waals surface area contributed by atoms with Crippen molar-refractivity contribution in [2.24, 2.45) is 0 Å². The average Bonchev–Trinajstić information content (AvgIpc) is 3.50. The van der Waals surface area contributed by atoms with Gasteiger partial charge >= 0.3 is 0 Å². The van der Waals surface area contributed by atoms with Gasteiger partial charge in [0.2, 0.25) is 5.95 Å². The highest BCUT2D eigenvalue weighted by Crippen LogP contribution is 2.35. The molecule has 0 bridgehead atoms. The molecule has 30 heavy (non-hydrogen) atoms. The molecule has 0 spiro atoms. The van der Waals surface area contributed by atoms with Crippen molar-refractivity contribution in [1.29, 1.82) is 0 Å². The molecule has 4 aromatic heterocycles. The average molecular weight is 428 g/mol. The van der Waals surface area contributed by atoms with Crippen molar-refractivity contribution in [3.8, 4) is 11.3 Å². The molecule has 0 saturated heterocycles. The smallest absolute Gasteiger partial charge is 0.228 e. The fraction of sp³-hybridized carbons (Fsp3) is 0. The van der Waals surface area contributed by atoms with Gasteiger partial charge in [-0.25, -0.2) is 9.97 Å².